The number of fused-ring (bicyclic) bond motifs is 1. The van der Waals surface area contributed by atoms with E-state index >= 15 is 0 Å². The Morgan fingerprint density at radius 2 is 2.21 bits per heavy atom. The molecule has 6 nitrogen and oxygen atoms in total. The van der Waals surface area contributed by atoms with E-state index in [0.29, 0.717) is 17.8 Å². The van der Waals surface area contributed by atoms with Gasteiger partial charge >= 0.3 is 0 Å². The topological polar surface area (TPSA) is 79.0 Å². The minimum absolute atomic E-state index is 0.290. The lowest BCUT2D eigenvalue weighted by Crippen LogP contribution is -2.39. The zero-order valence-corrected chi connectivity index (χ0v) is 13.7. The number of aromatic amines is 1. The fraction of sp³-hybridized carbons (Fsp3) is 0.412. The van der Waals surface area contributed by atoms with E-state index in [1.54, 1.807) is 25.1 Å². The number of nitrogens with one attached hydrogen (secondary N) is 3. The molecular formula is C17H21FN4O2. The van der Waals surface area contributed by atoms with Crippen molar-refractivity contribution in [1.82, 2.24) is 20.8 Å². The molecule has 0 saturated heterocycles. The summed E-state index contributed by atoms with van der Waals surface area (Å²) in [5, 5.41) is 13.2. The van der Waals surface area contributed by atoms with E-state index in [0.717, 1.165) is 24.2 Å². The Hall–Kier alpha value is -2.25. The second kappa shape index (κ2) is 7.11. The first kappa shape index (κ1) is 16.6. The maximum atomic E-state index is 14.0. The van der Waals surface area contributed by atoms with Crippen molar-refractivity contribution in [1.29, 1.82) is 0 Å². The average Bonchev–Trinajstić information content (AvgIpc) is 3.01. The molecule has 0 radical (unpaired) electrons. The zero-order valence-electron chi connectivity index (χ0n) is 13.7. The first-order chi connectivity index (χ1) is 11.6. The Balaban J connectivity index is 1.76. The zero-order chi connectivity index (χ0) is 17.1. The van der Waals surface area contributed by atoms with Crippen LogP contribution in [0.2, 0.25) is 0 Å². The fourth-order valence-electron chi connectivity index (χ4n) is 3.07. The maximum absolute atomic E-state index is 14.0. The number of hydrogen-bond acceptors (Lipinski definition) is 4. The lowest BCUT2D eigenvalue weighted by atomic mass is 10.0. The number of ether oxygens (including phenoxy) is 1. The van der Waals surface area contributed by atoms with Crippen LogP contribution in [0.25, 0.3) is 0 Å². The number of halogens is 1. The van der Waals surface area contributed by atoms with Gasteiger partial charge in [0.1, 0.15) is 11.9 Å². The summed E-state index contributed by atoms with van der Waals surface area (Å²) in [6, 6.07) is 5.99. The molecule has 3 N–H and O–H groups in total. The van der Waals surface area contributed by atoms with E-state index in [4.69, 9.17) is 4.74 Å². The molecule has 0 spiro atoms. The highest BCUT2D eigenvalue weighted by molar-refractivity contribution is 5.94. The molecule has 1 aromatic carbocycles. The van der Waals surface area contributed by atoms with Crippen molar-refractivity contribution < 1.29 is 13.9 Å². The highest BCUT2D eigenvalue weighted by Gasteiger charge is 2.27. The minimum atomic E-state index is -0.581. The molecule has 24 heavy (non-hydrogen) atoms. The second-order valence-corrected chi connectivity index (χ2v) is 5.90. The molecule has 3 rings (SSSR count). The lowest BCUT2D eigenvalue weighted by Gasteiger charge is -2.24. The van der Waals surface area contributed by atoms with Crippen LogP contribution < -0.4 is 10.6 Å². The van der Waals surface area contributed by atoms with E-state index in [9.17, 15) is 9.18 Å². The van der Waals surface area contributed by atoms with Gasteiger partial charge in [-0.05, 0) is 13.0 Å². The molecule has 1 aliphatic rings. The normalized spacial score (nSPS) is 16.3. The summed E-state index contributed by atoms with van der Waals surface area (Å²) >= 11 is 0. The predicted octanol–water partition coefficient (Wildman–Crippen LogP) is 1.70. The van der Waals surface area contributed by atoms with Crippen molar-refractivity contribution in [2.45, 2.75) is 32.0 Å². The summed E-state index contributed by atoms with van der Waals surface area (Å²) in [4.78, 5) is 12.6. The van der Waals surface area contributed by atoms with E-state index in [1.807, 2.05) is 0 Å². The molecule has 2 atom stereocenters. The molecule has 2 heterocycles. The van der Waals surface area contributed by atoms with Crippen molar-refractivity contribution in [2.24, 2.45) is 0 Å². The van der Waals surface area contributed by atoms with Gasteiger partial charge in [-0.25, -0.2) is 4.39 Å². The van der Waals surface area contributed by atoms with Crippen molar-refractivity contribution >= 4 is 5.91 Å². The predicted molar refractivity (Wildman–Crippen MR) is 87.1 cm³/mol. The third-order valence-corrected chi connectivity index (χ3v) is 4.30. The highest BCUT2D eigenvalue weighted by Crippen LogP contribution is 2.24. The van der Waals surface area contributed by atoms with Crippen molar-refractivity contribution in [3.05, 3.63) is 52.6 Å². The molecule has 0 fully saturated rings. The van der Waals surface area contributed by atoms with Crippen LogP contribution in [0.1, 0.15) is 40.3 Å². The smallest absolute Gasteiger partial charge is 0.272 e. The highest BCUT2D eigenvalue weighted by atomic mass is 19.1. The van der Waals surface area contributed by atoms with E-state index in [2.05, 4.69) is 20.8 Å². The molecule has 0 aliphatic carbocycles. The van der Waals surface area contributed by atoms with Gasteiger partial charge in [0.05, 0.1) is 6.04 Å². The molecule has 2 unspecified atom stereocenters. The maximum Gasteiger partial charge on any atom is 0.272 e. The Kier molecular flexibility index (Phi) is 4.92. The number of aromatic nitrogens is 2. The van der Waals surface area contributed by atoms with Crippen LogP contribution >= 0.6 is 0 Å². The molecule has 1 amide bonds. The van der Waals surface area contributed by atoms with Gasteiger partial charge in [0, 0.05) is 43.4 Å². The van der Waals surface area contributed by atoms with Crippen LogP contribution in [0.5, 0.6) is 0 Å². The molecule has 2 aromatic rings. The van der Waals surface area contributed by atoms with Gasteiger partial charge in [-0.2, -0.15) is 5.10 Å². The summed E-state index contributed by atoms with van der Waals surface area (Å²) < 4.78 is 19.4. The van der Waals surface area contributed by atoms with Crippen molar-refractivity contribution in [3.8, 4) is 0 Å². The van der Waals surface area contributed by atoms with Crippen LogP contribution in [-0.2, 0) is 17.7 Å². The summed E-state index contributed by atoms with van der Waals surface area (Å²) in [6.45, 7) is 3.27. The standard InChI is InChI=1S/C17H21FN4O2/c1-10(16(24-2)11-5-3-4-6-13(11)18)20-17(23)15-12-9-19-8-7-14(12)21-22-15/h3-6,10,16,19H,7-9H2,1-2H3,(H,20,23)(H,21,22). The number of nitrogens with zero attached hydrogens (tertiary/aromatic N) is 1. The summed E-state index contributed by atoms with van der Waals surface area (Å²) in [5.41, 5.74) is 2.68. The van der Waals surface area contributed by atoms with Crippen molar-refractivity contribution in [3.63, 3.8) is 0 Å². The molecule has 7 heteroatoms. The van der Waals surface area contributed by atoms with Crippen LogP contribution in [0.3, 0.4) is 0 Å². The summed E-state index contributed by atoms with van der Waals surface area (Å²) in [5.74, 6) is -0.645. The second-order valence-electron chi connectivity index (χ2n) is 5.90. The molecule has 0 bridgehead atoms. The molecular weight excluding hydrogens is 311 g/mol. The SMILES string of the molecule is COC(c1ccccc1F)C(C)NC(=O)c1n[nH]c2c1CNCC2. The molecule has 0 saturated carbocycles. The Bertz CT molecular complexity index is 731. The number of rotatable bonds is 5. The van der Waals surface area contributed by atoms with Gasteiger partial charge in [0.15, 0.2) is 5.69 Å². The number of carbonyl (C=O) groups excluding carboxylic acids is 1. The molecule has 128 valence electrons. The Morgan fingerprint density at radius 3 is 2.96 bits per heavy atom. The number of carbonyl (C=O) groups is 1. The van der Waals surface area contributed by atoms with E-state index < -0.39 is 12.1 Å². The summed E-state index contributed by atoms with van der Waals surface area (Å²) in [7, 11) is 1.50. The fourth-order valence-corrected chi connectivity index (χ4v) is 3.07. The van der Waals surface area contributed by atoms with Crippen molar-refractivity contribution in [2.75, 3.05) is 13.7 Å². The van der Waals surface area contributed by atoms with Gasteiger partial charge in [-0.1, -0.05) is 18.2 Å². The minimum Gasteiger partial charge on any atom is -0.375 e. The Morgan fingerprint density at radius 1 is 1.42 bits per heavy atom. The summed E-state index contributed by atoms with van der Waals surface area (Å²) in [6.07, 6.45) is 0.240. The van der Waals surface area contributed by atoms with Crippen LogP contribution in [0, 0.1) is 5.82 Å². The largest absolute Gasteiger partial charge is 0.375 e. The van der Waals surface area contributed by atoms with E-state index in [1.165, 1.54) is 13.2 Å². The number of H-pyrrole nitrogens is 1. The number of amides is 1. The number of methoxy groups -OCH3 is 1. The van der Waals surface area contributed by atoms with Gasteiger partial charge in [-0.15, -0.1) is 0 Å². The molecule has 1 aromatic heterocycles. The number of hydrogen-bond donors (Lipinski definition) is 3. The monoisotopic (exact) mass is 332 g/mol. The average molecular weight is 332 g/mol. The third kappa shape index (κ3) is 3.18. The lowest BCUT2D eigenvalue weighted by molar-refractivity contribution is 0.0622. The Labute approximate surface area is 139 Å². The number of benzene rings is 1. The first-order valence-electron chi connectivity index (χ1n) is 7.96. The van der Waals surface area contributed by atoms with Gasteiger partial charge in [-0.3, -0.25) is 9.89 Å². The van der Waals surface area contributed by atoms with Gasteiger partial charge in [0.25, 0.3) is 5.91 Å². The van der Waals surface area contributed by atoms with Gasteiger partial charge < -0.3 is 15.4 Å². The van der Waals surface area contributed by atoms with Gasteiger partial charge in [0.2, 0.25) is 0 Å². The van der Waals surface area contributed by atoms with Crippen LogP contribution in [-0.4, -0.2) is 35.8 Å². The van der Waals surface area contributed by atoms with E-state index in [-0.39, 0.29) is 11.7 Å². The first-order valence-corrected chi connectivity index (χ1v) is 7.96. The van der Waals surface area contributed by atoms with Crippen LogP contribution in [0.15, 0.2) is 24.3 Å². The third-order valence-electron chi connectivity index (χ3n) is 4.30. The molecule has 1 aliphatic heterocycles. The quantitative estimate of drug-likeness (QED) is 0.779. The van der Waals surface area contributed by atoms with Crippen LogP contribution in [0.4, 0.5) is 4.39 Å².